The summed E-state index contributed by atoms with van der Waals surface area (Å²) in [7, 11) is 4.19. The minimum absolute atomic E-state index is 0.378. The first kappa shape index (κ1) is 16.0. The highest BCUT2D eigenvalue weighted by Crippen LogP contribution is 2.29. The number of anilines is 1. The van der Waals surface area contributed by atoms with Gasteiger partial charge in [-0.2, -0.15) is 0 Å². The van der Waals surface area contributed by atoms with Crippen LogP contribution in [-0.4, -0.2) is 43.2 Å². The third-order valence-electron chi connectivity index (χ3n) is 3.49. The molecule has 0 aliphatic heterocycles. The van der Waals surface area contributed by atoms with Crippen LogP contribution in [0, 0.1) is 0 Å². The van der Waals surface area contributed by atoms with Gasteiger partial charge in [-0.25, -0.2) is 0 Å². The van der Waals surface area contributed by atoms with Crippen molar-refractivity contribution in [2.24, 2.45) is 0 Å². The Morgan fingerprint density at radius 2 is 1.79 bits per heavy atom. The fourth-order valence-corrected chi connectivity index (χ4v) is 2.60. The number of likely N-dealkylation sites (N-methyl/N-ethyl adjacent to an activating group) is 2. The largest absolute Gasteiger partial charge is 0.388 e. The Morgan fingerprint density at radius 1 is 1.16 bits per heavy atom. The van der Waals surface area contributed by atoms with Crippen LogP contribution in [-0.2, 0) is 0 Å². The van der Waals surface area contributed by atoms with E-state index in [0.717, 1.165) is 30.8 Å². The molecule has 0 radical (unpaired) electrons. The molecule has 0 spiro atoms. The van der Waals surface area contributed by atoms with E-state index in [0.29, 0.717) is 6.04 Å². The van der Waals surface area contributed by atoms with Gasteiger partial charge in [0.1, 0.15) is 0 Å². The third-order valence-corrected chi connectivity index (χ3v) is 3.49. The molecule has 1 rings (SSSR count). The van der Waals surface area contributed by atoms with Gasteiger partial charge in [0.2, 0.25) is 0 Å². The van der Waals surface area contributed by atoms with E-state index in [1.54, 1.807) is 0 Å². The number of aliphatic hydroxyl groups excluding tert-OH is 1. The van der Waals surface area contributed by atoms with Crippen LogP contribution in [0.25, 0.3) is 0 Å². The summed E-state index contributed by atoms with van der Waals surface area (Å²) < 4.78 is 0. The van der Waals surface area contributed by atoms with Gasteiger partial charge in [-0.1, -0.05) is 25.1 Å². The van der Waals surface area contributed by atoms with Crippen molar-refractivity contribution in [2.45, 2.75) is 39.3 Å². The summed E-state index contributed by atoms with van der Waals surface area (Å²) in [4.78, 5) is 4.57. The molecule has 3 heteroatoms. The lowest BCUT2D eigenvalue weighted by Gasteiger charge is -2.34. The number of aliphatic hydroxyl groups is 1. The average molecular weight is 264 g/mol. The maximum Gasteiger partial charge on any atom is 0.0807 e. The lowest BCUT2D eigenvalue weighted by atomic mass is 10.0. The summed E-state index contributed by atoms with van der Waals surface area (Å²) >= 11 is 0. The van der Waals surface area contributed by atoms with Gasteiger partial charge in [-0.15, -0.1) is 0 Å². The maximum atomic E-state index is 10.2. The molecule has 0 saturated carbocycles. The molecule has 108 valence electrons. The highest BCUT2D eigenvalue weighted by molar-refractivity contribution is 5.55. The molecule has 0 aromatic heterocycles. The molecule has 1 N–H and O–H groups in total. The van der Waals surface area contributed by atoms with Crippen LogP contribution >= 0.6 is 0 Å². The molecule has 19 heavy (non-hydrogen) atoms. The van der Waals surface area contributed by atoms with Crippen molar-refractivity contribution >= 4 is 5.69 Å². The van der Waals surface area contributed by atoms with E-state index in [2.05, 4.69) is 43.8 Å². The van der Waals surface area contributed by atoms with E-state index < -0.39 is 0 Å². The fourth-order valence-electron chi connectivity index (χ4n) is 2.60. The summed E-state index contributed by atoms with van der Waals surface area (Å²) in [6.45, 7) is 8.37. The highest BCUT2D eigenvalue weighted by atomic mass is 16.3. The van der Waals surface area contributed by atoms with Gasteiger partial charge in [-0.05, 0) is 40.4 Å². The first-order valence-corrected chi connectivity index (χ1v) is 7.19. The summed E-state index contributed by atoms with van der Waals surface area (Å²) in [5, 5.41) is 10.2. The SMILES string of the molecule is CCC(O)c1ccccc1N(CC)C(C)CN(C)C. The molecule has 1 aromatic carbocycles. The summed E-state index contributed by atoms with van der Waals surface area (Å²) in [6.07, 6.45) is 0.369. The Balaban J connectivity index is 3.04. The zero-order valence-corrected chi connectivity index (χ0v) is 12.9. The van der Waals surface area contributed by atoms with E-state index in [1.165, 1.54) is 0 Å². The molecule has 0 heterocycles. The van der Waals surface area contributed by atoms with Gasteiger partial charge in [-0.3, -0.25) is 0 Å². The number of nitrogens with zero attached hydrogens (tertiary/aromatic N) is 2. The molecule has 0 amide bonds. The third kappa shape index (κ3) is 4.22. The average Bonchev–Trinajstić information content (AvgIpc) is 2.38. The van der Waals surface area contributed by atoms with Crippen LogP contribution in [0.15, 0.2) is 24.3 Å². The molecule has 3 nitrogen and oxygen atoms in total. The lowest BCUT2D eigenvalue weighted by Crippen LogP contribution is -2.40. The van der Waals surface area contributed by atoms with E-state index in [1.807, 2.05) is 25.1 Å². The number of para-hydroxylation sites is 1. The predicted octanol–water partition coefficient (Wildman–Crippen LogP) is 2.91. The minimum Gasteiger partial charge on any atom is -0.388 e. The van der Waals surface area contributed by atoms with E-state index in [-0.39, 0.29) is 6.10 Å². The fraction of sp³-hybridized carbons (Fsp3) is 0.625. The first-order valence-electron chi connectivity index (χ1n) is 7.19. The lowest BCUT2D eigenvalue weighted by molar-refractivity contribution is 0.174. The molecular weight excluding hydrogens is 236 g/mol. The molecular formula is C16H28N2O. The van der Waals surface area contributed by atoms with Gasteiger partial charge in [0.15, 0.2) is 0 Å². The number of benzene rings is 1. The minimum atomic E-state index is -0.378. The standard InChI is InChI=1S/C16H28N2O/c1-6-16(19)14-10-8-9-11-15(14)18(7-2)13(3)12-17(4)5/h8-11,13,16,19H,6-7,12H2,1-5H3. The molecule has 0 saturated heterocycles. The summed E-state index contributed by atoms with van der Waals surface area (Å²) in [5.41, 5.74) is 2.20. The Hall–Kier alpha value is -1.06. The van der Waals surface area contributed by atoms with Crippen molar-refractivity contribution in [1.82, 2.24) is 4.90 Å². The summed E-state index contributed by atoms with van der Waals surface area (Å²) in [6, 6.07) is 8.62. The van der Waals surface area contributed by atoms with Gasteiger partial charge >= 0.3 is 0 Å². The second-order valence-electron chi connectivity index (χ2n) is 5.38. The molecule has 2 unspecified atom stereocenters. The van der Waals surface area contributed by atoms with Gasteiger partial charge in [0.05, 0.1) is 6.10 Å². The topological polar surface area (TPSA) is 26.7 Å². The monoisotopic (exact) mass is 264 g/mol. The van der Waals surface area contributed by atoms with Gasteiger partial charge in [0.25, 0.3) is 0 Å². The van der Waals surface area contributed by atoms with Crippen LogP contribution in [0.2, 0.25) is 0 Å². The molecule has 0 aliphatic rings. The quantitative estimate of drug-likeness (QED) is 0.820. The van der Waals surface area contributed by atoms with Crippen LogP contribution in [0.3, 0.4) is 0 Å². The maximum absolute atomic E-state index is 10.2. The summed E-state index contributed by atoms with van der Waals surface area (Å²) in [5.74, 6) is 0. The molecule has 2 atom stereocenters. The van der Waals surface area contributed by atoms with E-state index in [9.17, 15) is 5.11 Å². The van der Waals surface area contributed by atoms with Crippen LogP contribution in [0.5, 0.6) is 0 Å². The Morgan fingerprint density at radius 3 is 2.32 bits per heavy atom. The van der Waals surface area contributed by atoms with E-state index in [4.69, 9.17) is 0 Å². The Bertz CT molecular complexity index is 379. The van der Waals surface area contributed by atoms with Crippen molar-refractivity contribution < 1.29 is 5.11 Å². The van der Waals surface area contributed by atoms with Crippen molar-refractivity contribution in [2.75, 3.05) is 32.1 Å². The van der Waals surface area contributed by atoms with Crippen molar-refractivity contribution in [1.29, 1.82) is 0 Å². The highest BCUT2D eigenvalue weighted by Gasteiger charge is 2.19. The van der Waals surface area contributed by atoms with Crippen LogP contribution < -0.4 is 4.90 Å². The van der Waals surface area contributed by atoms with Crippen molar-refractivity contribution in [3.8, 4) is 0 Å². The second kappa shape index (κ2) is 7.51. The Kier molecular flexibility index (Phi) is 6.32. The zero-order valence-electron chi connectivity index (χ0n) is 12.9. The molecule has 1 aromatic rings. The van der Waals surface area contributed by atoms with Crippen LogP contribution in [0.4, 0.5) is 5.69 Å². The normalized spacial score (nSPS) is 14.5. The smallest absolute Gasteiger partial charge is 0.0807 e. The van der Waals surface area contributed by atoms with Gasteiger partial charge < -0.3 is 14.9 Å². The Labute approximate surface area is 117 Å². The number of hydrogen-bond donors (Lipinski definition) is 1. The van der Waals surface area contributed by atoms with Crippen molar-refractivity contribution in [3.05, 3.63) is 29.8 Å². The first-order chi connectivity index (χ1) is 9.01. The zero-order chi connectivity index (χ0) is 14.4. The predicted molar refractivity (Wildman–Crippen MR) is 82.7 cm³/mol. The number of rotatable bonds is 7. The van der Waals surface area contributed by atoms with Gasteiger partial charge in [0, 0.05) is 30.4 Å². The molecule has 0 bridgehead atoms. The number of hydrogen-bond acceptors (Lipinski definition) is 3. The van der Waals surface area contributed by atoms with Crippen molar-refractivity contribution in [3.63, 3.8) is 0 Å². The van der Waals surface area contributed by atoms with E-state index >= 15 is 0 Å². The second-order valence-corrected chi connectivity index (χ2v) is 5.38. The molecule has 0 aliphatic carbocycles. The van der Waals surface area contributed by atoms with Crippen LogP contribution in [0.1, 0.15) is 38.9 Å². The molecule has 0 fully saturated rings.